The molecule has 0 aliphatic carbocycles. The third-order valence-corrected chi connectivity index (χ3v) is 6.52. The lowest BCUT2D eigenvalue weighted by atomic mass is 9.84. The standard InChI is InChI=1S/C25H18Cl2N4O/c1-14-6-8-15(9-7-14)24-21-22(18-4-2-3-5-20(18)32-24)30-25-28-13-29-31(25)23(21)17-11-10-16(26)12-19(17)27/h2-13,23-24H,1H3,(H,28,29,30). The molecule has 158 valence electrons. The van der Waals surface area contributed by atoms with Crippen molar-refractivity contribution in [2.75, 3.05) is 5.32 Å². The fourth-order valence-corrected chi connectivity index (χ4v) is 4.97. The normalized spacial score (nSPS) is 18.8. The first-order valence-corrected chi connectivity index (χ1v) is 11.0. The van der Waals surface area contributed by atoms with Crippen LogP contribution in [-0.2, 0) is 0 Å². The Kier molecular flexibility index (Phi) is 4.49. The molecule has 2 atom stereocenters. The number of aromatic nitrogens is 3. The Morgan fingerprint density at radius 1 is 1.00 bits per heavy atom. The lowest BCUT2D eigenvalue weighted by Gasteiger charge is -2.39. The molecule has 0 amide bonds. The molecule has 2 aliphatic heterocycles. The van der Waals surface area contributed by atoms with Gasteiger partial charge in [0.1, 0.15) is 24.2 Å². The van der Waals surface area contributed by atoms with Gasteiger partial charge in [0.25, 0.3) is 0 Å². The molecule has 2 aliphatic rings. The molecule has 7 heteroatoms. The van der Waals surface area contributed by atoms with Crippen LogP contribution in [0.3, 0.4) is 0 Å². The van der Waals surface area contributed by atoms with E-state index < -0.39 is 0 Å². The lowest BCUT2D eigenvalue weighted by Crippen LogP contribution is -2.32. The highest BCUT2D eigenvalue weighted by molar-refractivity contribution is 6.35. The highest BCUT2D eigenvalue weighted by Crippen LogP contribution is 2.51. The van der Waals surface area contributed by atoms with Crippen LogP contribution >= 0.6 is 23.2 Å². The number of para-hydroxylation sites is 1. The molecule has 1 aromatic heterocycles. The Morgan fingerprint density at radius 3 is 2.62 bits per heavy atom. The molecule has 0 bridgehead atoms. The van der Waals surface area contributed by atoms with Gasteiger partial charge in [-0.25, -0.2) is 4.68 Å². The number of nitrogens with one attached hydrogen (secondary N) is 1. The van der Waals surface area contributed by atoms with Gasteiger partial charge in [-0.15, -0.1) is 0 Å². The predicted octanol–water partition coefficient (Wildman–Crippen LogP) is 6.45. The number of anilines is 1. The highest BCUT2D eigenvalue weighted by atomic mass is 35.5. The zero-order valence-corrected chi connectivity index (χ0v) is 18.6. The number of hydrogen-bond donors (Lipinski definition) is 1. The maximum atomic E-state index is 6.71. The number of benzene rings is 3. The third kappa shape index (κ3) is 3.00. The Labute approximate surface area is 195 Å². The molecule has 3 aromatic carbocycles. The number of ether oxygens (including phenoxy) is 1. The molecule has 0 saturated carbocycles. The van der Waals surface area contributed by atoms with Crippen molar-refractivity contribution in [2.45, 2.75) is 19.1 Å². The van der Waals surface area contributed by atoms with Gasteiger partial charge in [-0.1, -0.05) is 71.2 Å². The fourth-order valence-electron chi connectivity index (χ4n) is 4.46. The number of nitrogens with zero attached hydrogens (tertiary/aromatic N) is 3. The Hall–Kier alpha value is -3.28. The SMILES string of the molecule is Cc1ccc(C2Oc3ccccc3C3=C2C(c2ccc(Cl)cc2Cl)n2ncnc2N3)cc1. The second-order valence-corrected chi connectivity index (χ2v) is 8.80. The smallest absolute Gasteiger partial charge is 0.226 e. The second kappa shape index (κ2) is 7.40. The van der Waals surface area contributed by atoms with Crippen molar-refractivity contribution in [3.63, 3.8) is 0 Å². The molecule has 0 radical (unpaired) electrons. The topological polar surface area (TPSA) is 52.0 Å². The van der Waals surface area contributed by atoms with Crippen molar-refractivity contribution < 1.29 is 4.74 Å². The minimum atomic E-state index is -0.331. The molecule has 32 heavy (non-hydrogen) atoms. The molecule has 1 N–H and O–H groups in total. The molecule has 0 saturated heterocycles. The van der Waals surface area contributed by atoms with E-state index >= 15 is 0 Å². The summed E-state index contributed by atoms with van der Waals surface area (Å²) < 4.78 is 8.46. The van der Waals surface area contributed by atoms with E-state index in [1.54, 1.807) is 12.4 Å². The van der Waals surface area contributed by atoms with Gasteiger partial charge in [-0.3, -0.25) is 0 Å². The predicted molar refractivity (Wildman–Crippen MR) is 126 cm³/mol. The number of hydrogen-bond acceptors (Lipinski definition) is 4. The lowest BCUT2D eigenvalue weighted by molar-refractivity contribution is 0.223. The molecule has 6 rings (SSSR count). The summed E-state index contributed by atoms with van der Waals surface area (Å²) in [6.45, 7) is 2.08. The van der Waals surface area contributed by atoms with Crippen LogP contribution in [0.5, 0.6) is 5.75 Å². The first kappa shape index (κ1) is 19.4. The van der Waals surface area contributed by atoms with E-state index in [1.165, 1.54) is 5.56 Å². The molecule has 0 spiro atoms. The third-order valence-electron chi connectivity index (χ3n) is 5.96. The largest absolute Gasteiger partial charge is 0.480 e. The van der Waals surface area contributed by atoms with Crippen LogP contribution in [0.2, 0.25) is 10.0 Å². The van der Waals surface area contributed by atoms with E-state index in [1.807, 2.05) is 35.0 Å². The van der Waals surface area contributed by atoms with Gasteiger partial charge in [0.05, 0.1) is 5.70 Å². The van der Waals surface area contributed by atoms with Gasteiger partial charge in [-0.2, -0.15) is 10.1 Å². The van der Waals surface area contributed by atoms with E-state index in [0.29, 0.717) is 16.0 Å². The van der Waals surface area contributed by atoms with Crippen molar-refractivity contribution in [1.29, 1.82) is 0 Å². The summed E-state index contributed by atoms with van der Waals surface area (Å²) in [5, 5.41) is 9.18. The molecule has 3 heterocycles. The number of aryl methyl sites for hydroxylation is 1. The minimum Gasteiger partial charge on any atom is -0.480 e. The first-order chi connectivity index (χ1) is 15.6. The van der Waals surface area contributed by atoms with E-state index in [9.17, 15) is 0 Å². The van der Waals surface area contributed by atoms with Crippen LogP contribution in [0.15, 0.2) is 78.6 Å². The van der Waals surface area contributed by atoms with E-state index in [2.05, 4.69) is 52.7 Å². The zero-order chi connectivity index (χ0) is 21.8. The highest BCUT2D eigenvalue weighted by Gasteiger charge is 2.41. The number of fused-ring (bicyclic) bond motifs is 3. The average molecular weight is 461 g/mol. The van der Waals surface area contributed by atoms with Crippen LogP contribution in [0.25, 0.3) is 5.70 Å². The Morgan fingerprint density at radius 2 is 1.81 bits per heavy atom. The monoisotopic (exact) mass is 460 g/mol. The van der Waals surface area contributed by atoms with Crippen LogP contribution in [0.4, 0.5) is 5.95 Å². The summed E-state index contributed by atoms with van der Waals surface area (Å²) in [5.74, 6) is 1.47. The van der Waals surface area contributed by atoms with E-state index in [4.69, 9.17) is 27.9 Å². The molecular weight excluding hydrogens is 443 g/mol. The minimum absolute atomic E-state index is 0.312. The van der Waals surface area contributed by atoms with Gasteiger partial charge in [0.2, 0.25) is 5.95 Å². The fraction of sp³-hybridized carbons (Fsp3) is 0.120. The second-order valence-electron chi connectivity index (χ2n) is 7.96. The van der Waals surface area contributed by atoms with Crippen LogP contribution in [0, 0.1) is 6.92 Å². The van der Waals surface area contributed by atoms with Gasteiger partial charge >= 0.3 is 0 Å². The van der Waals surface area contributed by atoms with Crippen molar-refractivity contribution in [3.05, 3.63) is 111 Å². The number of rotatable bonds is 2. The molecule has 4 aromatic rings. The number of halogens is 2. The van der Waals surface area contributed by atoms with Crippen LogP contribution in [0.1, 0.15) is 34.4 Å². The molecule has 0 fully saturated rings. The summed E-state index contributed by atoms with van der Waals surface area (Å²) in [6, 6.07) is 21.7. The van der Waals surface area contributed by atoms with Crippen molar-refractivity contribution in [3.8, 4) is 5.75 Å². The Bertz CT molecular complexity index is 1380. The summed E-state index contributed by atoms with van der Waals surface area (Å²) in [6.07, 6.45) is 1.22. The maximum Gasteiger partial charge on any atom is 0.226 e. The van der Waals surface area contributed by atoms with Gasteiger partial charge in [-0.05, 0) is 42.3 Å². The van der Waals surface area contributed by atoms with Crippen molar-refractivity contribution in [1.82, 2.24) is 14.8 Å². The van der Waals surface area contributed by atoms with Crippen molar-refractivity contribution >= 4 is 34.8 Å². The molecule has 2 unspecified atom stereocenters. The molecule has 5 nitrogen and oxygen atoms in total. The van der Waals surface area contributed by atoms with E-state index in [-0.39, 0.29) is 12.1 Å². The van der Waals surface area contributed by atoms with E-state index in [0.717, 1.165) is 33.7 Å². The quantitative estimate of drug-likeness (QED) is 0.373. The summed E-state index contributed by atoms with van der Waals surface area (Å²) >= 11 is 12.9. The summed E-state index contributed by atoms with van der Waals surface area (Å²) in [4.78, 5) is 4.45. The van der Waals surface area contributed by atoms with Gasteiger partial charge in [0.15, 0.2) is 0 Å². The first-order valence-electron chi connectivity index (χ1n) is 10.3. The zero-order valence-electron chi connectivity index (χ0n) is 17.1. The Balaban J connectivity index is 1.64. The summed E-state index contributed by atoms with van der Waals surface area (Å²) in [7, 11) is 0. The van der Waals surface area contributed by atoms with Crippen LogP contribution in [-0.4, -0.2) is 14.8 Å². The van der Waals surface area contributed by atoms with Crippen molar-refractivity contribution in [2.24, 2.45) is 0 Å². The van der Waals surface area contributed by atoms with Gasteiger partial charge < -0.3 is 10.1 Å². The average Bonchev–Trinajstić information content (AvgIpc) is 3.27. The summed E-state index contributed by atoms with van der Waals surface area (Å²) in [5.41, 5.74) is 6.10. The van der Waals surface area contributed by atoms with Crippen LogP contribution < -0.4 is 10.1 Å². The van der Waals surface area contributed by atoms with Gasteiger partial charge in [0, 0.05) is 21.2 Å². The maximum absolute atomic E-state index is 6.71. The molecular formula is C25H18Cl2N4O.